The van der Waals surface area contributed by atoms with Crippen LogP contribution in [0.4, 0.5) is 11.4 Å². The Kier molecular flexibility index (Phi) is 6.67. The molecular formula is C24H19ClN4O4S. The predicted octanol–water partition coefficient (Wildman–Crippen LogP) is 5.29. The van der Waals surface area contributed by atoms with Crippen LogP contribution >= 0.6 is 23.4 Å². The van der Waals surface area contributed by atoms with Crippen LogP contribution in [0.5, 0.6) is 0 Å². The first-order chi connectivity index (χ1) is 16.2. The SMILES string of the molecule is Cc1cc([N+](=O)[O-])ccc1NC(=O)CSc1nc2cc(Cl)ccc2c(=O)n1-c1ccccc1C. The highest BCUT2D eigenvalue weighted by molar-refractivity contribution is 7.99. The summed E-state index contributed by atoms with van der Waals surface area (Å²) in [6.07, 6.45) is 0. The van der Waals surface area contributed by atoms with E-state index in [4.69, 9.17) is 11.6 Å². The van der Waals surface area contributed by atoms with Crippen molar-refractivity contribution in [1.29, 1.82) is 0 Å². The summed E-state index contributed by atoms with van der Waals surface area (Å²) in [4.78, 5) is 41.1. The maximum absolute atomic E-state index is 13.4. The summed E-state index contributed by atoms with van der Waals surface area (Å²) in [5, 5.41) is 14.9. The van der Waals surface area contributed by atoms with Gasteiger partial charge in [0.25, 0.3) is 11.2 Å². The van der Waals surface area contributed by atoms with Gasteiger partial charge in [0.2, 0.25) is 5.91 Å². The number of benzene rings is 3. The third-order valence-electron chi connectivity index (χ3n) is 5.18. The molecular weight excluding hydrogens is 476 g/mol. The number of nitro benzene ring substituents is 1. The molecule has 0 aliphatic rings. The van der Waals surface area contributed by atoms with E-state index in [9.17, 15) is 19.7 Å². The van der Waals surface area contributed by atoms with Gasteiger partial charge in [0.05, 0.1) is 27.3 Å². The molecule has 4 aromatic rings. The molecule has 0 saturated carbocycles. The van der Waals surface area contributed by atoms with Crippen molar-refractivity contribution in [2.75, 3.05) is 11.1 Å². The normalized spacial score (nSPS) is 10.9. The van der Waals surface area contributed by atoms with Gasteiger partial charge in [0.15, 0.2) is 5.16 Å². The molecule has 0 aliphatic carbocycles. The number of hydrogen-bond donors (Lipinski definition) is 1. The number of carbonyl (C=O) groups is 1. The van der Waals surface area contributed by atoms with Gasteiger partial charge in [-0.25, -0.2) is 4.98 Å². The Morgan fingerprint density at radius 2 is 1.88 bits per heavy atom. The average Bonchev–Trinajstić information content (AvgIpc) is 2.79. The number of fused-ring (bicyclic) bond motifs is 1. The van der Waals surface area contributed by atoms with Crippen LogP contribution in [0.25, 0.3) is 16.6 Å². The Bertz CT molecular complexity index is 1500. The summed E-state index contributed by atoms with van der Waals surface area (Å²) >= 11 is 7.22. The molecule has 0 fully saturated rings. The lowest BCUT2D eigenvalue weighted by Gasteiger charge is -2.15. The molecule has 0 bridgehead atoms. The number of non-ortho nitro benzene ring substituents is 1. The second-order valence-electron chi connectivity index (χ2n) is 7.58. The number of anilines is 1. The van der Waals surface area contributed by atoms with Gasteiger partial charge in [-0.1, -0.05) is 41.6 Å². The van der Waals surface area contributed by atoms with E-state index in [0.717, 1.165) is 17.3 Å². The van der Waals surface area contributed by atoms with E-state index in [0.29, 0.717) is 38.0 Å². The summed E-state index contributed by atoms with van der Waals surface area (Å²) in [5.41, 5.74) is 2.74. The van der Waals surface area contributed by atoms with E-state index in [1.807, 2.05) is 31.2 Å². The Balaban J connectivity index is 1.67. The van der Waals surface area contributed by atoms with Gasteiger partial charge in [-0.3, -0.25) is 24.3 Å². The van der Waals surface area contributed by atoms with E-state index in [1.165, 1.54) is 22.8 Å². The third-order valence-corrected chi connectivity index (χ3v) is 6.36. The van der Waals surface area contributed by atoms with Gasteiger partial charge in [0, 0.05) is 22.8 Å². The molecule has 1 aromatic heterocycles. The predicted molar refractivity (Wildman–Crippen MR) is 134 cm³/mol. The van der Waals surface area contributed by atoms with Crippen molar-refractivity contribution in [2.45, 2.75) is 19.0 Å². The van der Waals surface area contributed by atoms with Crippen LogP contribution in [0.2, 0.25) is 5.02 Å². The molecule has 4 rings (SSSR count). The summed E-state index contributed by atoms with van der Waals surface area (Å²) in [6.45, 7) is 3.58. The van der Waals surface area contributed by atoms with Crippen molar-refractivity contribution in [3.05, 3.63) is 97.3 Å². The van der Waals surface area contributed by atoms with E-state index < -0.39 is 4.92 Å². The number of nitro groups is 1. The Hall–Kier alpha value is -3.69. The van der Waals surface area contributed by atoms with Crippen molar-refractivity contribution in [3.63, 3.8) is 0 Å². The first-order valence-electron chi connectivity index (χ1n) is 10.2. The molecule has 3 aromatic carbocycles. The van der Waals surface area contributed by atoms with Crippen LogP contribution in [0.15, 0.2) is 70.6 Å². The van der Waals surface area contributed by atoms with Crippen molar-refractivity contribution >= 4 is 51.5 Å². The quantitative estimate of drug-likeness (QED) is 0.169. The summed E-state index contributed by atoms with van der Waals surface area (Å²) < 4.78 is 1.50. The fraction of sp³-hybridized carbons (Fsp3) is 0.125. The molecule has 1 N–H and O–H groups in total. The average molecular weight is 495 g/mol. The fourth-order valence-corrected chi connectivity index (χ4v) is 4.45. The molecule has 8 nitrogen and oxygen atoms in total. The van der Waals surface area contributed by atoms with Crippen LogP contribution in [-0.2, 0) is 4.79 Å². The monoisotopic (exact) mass is 494 g/mol. The smallest absolute Gasteiger partial charge is 0.269 e. The standard InChI is InChI=1S/C24H19ClN4O4S/c1-14-5-3-4-6-21(14)28-23(31)18-9-7-16(25)12-20(18)27-24(28)34-13-22(30)26-19-10-8-17(29(32)33)11-15(19)2/h3-12H,13H2,1-2H3,(H,26,30). The molecule has 10 heteroatoms. The molecule has 172 valence electrons. The molecule has 1 heterocycles. The van der Waals surface area contributed by atoms with Gasteiger partial charge in [-0.15, -0.1) is 0 Å². The van der Waals surface area contributed by atoms with E-state index >= 15 is 0 Å². The van der Waals surface area contributed by atoms with Crippen LogP contribution in [0, 0.1) is 24.0 Å². The molecule has 0 saturated heterocycles. The number of hydrogen-bond acceptors (Lipinski definition) is 6. The molecule has 0 aliphatic heterocycles. The van der Waals surface area contributed by atoms with Crippen LogP contribution in [-0.4, -0.2) is 26.1 Å². The summed E-state index contributed by atoms with van der Waals surface area (Å²) in [5.74, 6) is -0.361. The largest absolute Gasteiger partial charge is 0.325 e. The molecule has 0 radical (unpaired) electrons. The summed E-state index contributed by atoms with van der Waals surface area (Å²) in [6, 6.07) is 16.6. The minimum Gasteiger partial charge on any atom is -0.325 e. The zero-order chi connectivity index (χ0) is 24.4. The van der Waals surface area contributed by atoms with Gasteiger partial charge >= 0.3 is 0 Å². The summed E-state index contributed by atoms with van der Waals surface area (Å²) in [7, 11) is 0. The van der Waals surface area contributed by atoms with E-state index in [2.05, 4.69) is 10.3 Å². The van der Waals surface area contributed by atoms with Crippen LogP contribution in [0.1, 0.15) is 11.1 Å². The zero-order valence-electron chi connectivity index (χ0n) is 18.2. The van der Waals surface area contributed by atoms with Gasteiger partial charge in [-0.2, -0.15) is 0 Å². The Morgan fingerprint density at radius 1 is 1.12 bits per heavy atom. The zero-order valence-corrected chi connectivity index (χ0v) is 19.8. The maximum Gasteiger partial charge on any atom is 0.269 e. The molecule has 34 heavy (non-hydrogen) atoms. The number of para-hydroxylation sites is 1. The Labute approximate surface area is 203 Å². The lowest BCUT2D eigenvalue weighted by Crippen LogP contribution is -2.23. The number of rotatable bonds is 6. The third kappa shape index (κ3) is 4.80. The van der Waals surface area contributed by atoms with Crippen molar-refractivity contribution in [1.82, 2.24) is 9.55 Å². The molecule has 1 amide bonds. The van der Waals surface area contributed by atoms with E-state index in [1.54, 1.807) is 25.1 Å². The second kappa shape index (κ2) is 9.66. The van der Waals surface area contributed by atoms with Gasteiger partial charge in [0.1, 0.15) is 0 Å². The highest BCUT2D eigenvalue weighted by atomic mass is 35.5. The second-order valence-corrected chi connectivity index (χ2v) is 8.96. The van der Waals surface area contributed by atoms with Gasteiger partial charge in [-0.05, 0) is 55.3 Å². The van der Waals surface area contributed by atoms with Crippen LogP contribution < -0.4 is 10.9 Å². The number of amides is 1. The van der Waals surface area contributed by atoms with Crippen LogP contribution in [0.3, 0.4) is 0 Å². The first kappa shape index (κ1) is 23.5. The van der Waals surface area contributed by atoms with Gasteiger partial charge < -0.3 is 5.32 Å². The minimum atomic E-state index is -0.489. The number of aromatic nitrogens is 2. The lowest BCUT2D eigenvalue weighted by atomic mass is 10.2. The molecule has 0 unspecified atom stereocenters. The highest BCUT2D eigenvalue weighted by Gasteiger charge is 2.17. The van der Waals surface area contributed by atoms with Crippen molar-refractivity contribution in [3.8, 4) is 5.69 Å². The number of nitrogens with one attached hydrogen (secondary N) is 1. The Morgan fingerprint density at radius 3 is 2.59 bits per heavy atom. The minimum absolute atomic E-state index is 0.0270. The lowest BCUT2D eigenvalue weighted by molar-refractivity contribution is -0.384. The number of halogens is 1. The highest BCUT2D eigenvalue weighted by Crippen LogP contribution is 2.26. The topological polar surface area (TPSA) is 107 Å². The van der Waals surface area contributed by atoms with Crippen molar-refractivity contribution in [2.24, 2.45) is 0 Å². The first-order valence-corrected chi connectivity index (χ1v) is 11.6. The van der Waals surface area contributed by atoms with E-state index in [-0.39, 0.29) is 22.9 Å². The number of carbonyl (C=O) groups excluding carboxylic acids is 1. The number of aryl methyl sites for hydroxylation is 2. The fourth-order valence-electron chi connectivity index (χ4n) is 3.48. The number of thioether (sulfide) groups is 1. The number of nitrogens with zero attached hydrogens (tertiary/aromatic N) is 3. The maximum atomic E-state index is 13.4. The molecule has 0 spiro atoms. The van der Waals surface area contributed by atoms with Crippen molar-refractivity contribution < 1.29 is 9.72 Å². The molecule has 0 atom stereocenters.